The van der Waals surface area contributed by atoms with Gasteiger partial charge < -0.3 is 0 Å². The average molecular weight is 297 g/mol. The van der Waals surface area contributed by atoms with Gasteiger partial charge >= 0.3 is 0 Å². The van der Waals surface area contributed by atoms with E-state index in [0.717, 1.165) is 19.3 Å². The highest BCUT2D eigenvalue weighted by Gasteiger charge is 2.48. The van der Waals surface area contributed by atoms with Crippen molar-refractivity contribution in [2.24, 2.45) is 0 Å². The van der Waals surface area contributed by atoms with E-state index < -0.39 is 17.9 Å². The summed E-state index contributed by atoms with van der Waals surface area (Å²) < 4.78 is 25.4. The van der Waals surface area contributed by atoms with Crippen LogP contribution in [0.5, 0.6) is 0 Å². The second-order valence-corrected chi connectivity index (χ2v) is 13.7. The van der Waals surface area contributed by atoms with Crippen molar-refractivity contribution in [3.8, 4) is 0 Å². The molecule has 2 aliphatic rings. The van der Waals surface area contributed by atoms with Gasteiger partial charge in [-0.05, 0) is 12.8 Å². The first-order chi connectivity index (χ1) is 8.80. The summed E-state index contributed by atoms with van der Waals surface area (Å²) in [6.07, 6.45) is 10.7. The quantitative estimate of drug-likeness (QED) is 0.742. The fourth-order valence-corrected chi connectivity index (χ4v) is 9.08. The molecule has 0 spiro atoms. The van der Waals surface area contributed by atoms with Crippen LogP contribution in [0.3, 0.4) is 0 Å². The molecule has 4 heteroatoms. The smallest absolute Gasteiger partial charge is 0.170 e. The van der Waals surface area contributed by atoms with E-state index in [-0.39, 0.29) is 10.5 Å². The maximum atomic E-state index is 12.7. The van der Waals surface area contributed by atoms with Gasteiger partial charge in [0.15, 0.2) is 9.84 Å². The summed E-state index contributed by atoms with van der Waals surface area (Å²) in [6.45, 7) is 8.95. The van der Waals surface area contributed by atoms with Crippen LogP contribution < -0.4 is 0 Å². The first-order valence-electron chi connectivity index (χ1n) is 7.11. The molecule has 2 atom stereocenters. The lowest BCUT2D eigenvalue weighted by molar-refractivity contribution is 0.593. The van der Waals surface area contributed by atoms with Crippen molar-refractivity contribution < 1.29 is 8.42 Å². The fraction of sp³-hybridized carbons (Fsp3) is 0.600. The summed E-state index contributed by atoms with van der Waals surface area (Å²) in [7, 11) is -4.71. The molecule has 2 heterocycles. The van der Waals surface area contributed by atoms with E-state index >= 15 is 0 Å². The van der Waals surface area contributed by atoms with Crippen LogP contribution in [0.25, 0.3) is 0 Å². The fourth-order valence-electron chi connectivity index (χ4n) is 3.17. The molecule has 0 fully saturated rings. The zero-order chi connectivity index (χ0) is 14.3. The van der Waals surface area contributed by atoms with Crippen LogP contribution in [-0.2, 0) is 9.84 Å². The normalized spacial score (nSPS) is 28.8. The van der Waals surface area contributed by atoms with E-state index in [1.54, 1.807) is 0 Å². The molecule has 106 valence electrons. The van der Waals surface area contributed by atoms with E-state index in [1.165, 1.54) is 10.8 Å². The molecule has 0 aromatic heterocycles. The second-order valence-electron chi connectivity index (χ2n) is 6.49. The van der Waals surface area contributed by atoms with Gasteiger partial charge in [-0.25, -0.2) is 8.42 Å². The van der Waals surface area contributed by atoms with Crippen LogP contribution in [0.4, 0.5) is 0 Å². The van der Waals surface area contributed by atoms with E-state index in [1.807, 2.05) is 24.3 Å². The number of rotatable bonds is 4. The van der Waals surface area contributed by atoms with Crippen molar-refractivity contribution in [3.05, 3.63) is 35.1 Å². The second kappa shape index (κ2) is 5.06. The van der Waals surface area contributed by atoms with Gasteiger partial charge in [-0.15, -0.1) is 0 Å². The summed E-state index contributed by atoms with van der Waals surface area (Å²) in [5.41, 5.74) is 1.21. The van der Waals surface area contributed by atoms with Crippen LogP contribution in [0, 0.1) is 0 Å². The van der Waals surface area contributed by atoms with Gasteiger partial charge in [0.25, 0.3) is 0 Å². The van der Waals surface area contributed by atoms with Crippen LogP contribution in [-0.4, -0.2) is 27.0 Å². The third-order valence-electron chi connectivity index (χ3n) is 3.97. The molecule has 19 heavy (non-hydrogen) atoms. The Hall–Kier alpha value is -0.613. The Morgan fingerprint density at radius 3 is 2.21 bits per heavy atom. The molecule has 0 aliphatic carbocycles. The number of hydrogen-bond donors (Lipinski definition) is 0. The van der Waals surface area contributed by atoms with Gasteiger partial charge in [-0.2, -0.15) is 0 Å². The molecule has 0 saturated heterocycles. The van der Waals surface area contributed by atoms with Crippen molar-refractivity contribution >= 4 is 17.9 Å². The highest BCUT2D eigenvalue weighted by atomic mass is 32.2. The molecule has 0 aromatic carbocycles. The minimum Gasteiger partial charge on any atom is -0.227 e. The Labute approximate surface area is 118 Å². The number of hydrogen-bond acceptors (Lipinski definition) is 2. The van der Waals surface area contributed by atoms with Gasteiger partial charge in [-0.3, -0.25) is 0 Å². The SMILES string of the molecule is CCCCC1=C([Si](C)(C)C)[C@@H]2C=CC=C[C@H]1S2(=O)=O. The topological polar surface area (TPSA) is 34.1 Å². The van der Waals surface area contributed by atoms with Gasteiger partial charge in [0, 0.05) is 0 Å². The predicted octanol–water partition coefficient (Wildman–Crippen LogP) is 3.64. The summed E-state index contributed by atoms with van der Waals surface area (Å²) in [5, 5.41) is 0.554. The molecule has 0 amide bonds. The molecule has 2 bridgehead atoms. The predicted molar refractivity (Wildman–Crippen MR) is 84.7 cm³/mol. The monoisotopic (exact) mass is 296 g/mol. The van der Waals surface area contributed by atoms with Crippen molar-refractivity contribution in [1.29, 1.82) is 0 Å². The molecule has 2 nitrogen and oxygen atoms in total. The van der Waals surface area contributed by atoms with E-state index in [0.29, 0.717) is 0 Å². The lowest BCUT2D eigenvalue weighted by Gasteiger charge is -2.24. The molecule has 0 radical (unpaired) electrons. The maximum Gasteiger partial charge on any atom is 0.170 e. The molecule has 0 N–H and O–H groups in total. The van der Waals surface area contributed by atoms with Crippen molar-refractivity contribution in [2.75, 3.05) is 0 Å². The highest BCUT2D eigenvalue weighted by Crippen LogP contribution is 2.42. The van der Waals surface area contributed by atoms with Crippen LogP contribution in [0.15, 0.2) is 35.1 Å². The molecule has 0 unspecified atom stereocenters. The van der Waals surface area contributed by atoms with Gasteiger partial charge in [0.2, 0.25) is 0 Å². The Kier molecular flexibility index (Phi) is 3.94. The standard InChI is InChI=1S/C15H24O2SSi/c1-5-6-9-12-13-10-7-8-11-14(18(13,16)17)15(12)19(2,3)4/h7-8,10-11,13-14H,5-6,9H2,1-4H3/t13-,14+/m1/s1. The van der Waals surface area contributed by atoms with Gasteiger partial charge in [0.1, 0.15) is 5.25 Å². The minimum absolute atomic E-state index is 0.356. The molecule has 2 aliphatic heterocycles. The highest BCUT2D eigenvalue weighted by molar-refractivity contribution is 7.93. The maximum absolute atomic E-state index is 12.7. The number of unbranched alkanes of at least 4 members (excludes halogenated alkanes) is 1. The first-order valence-corrected chi connectivity index (χ1v) is 12.2. The lowest BCUT2D eigenvalue weighted by atomic mass is 10.0. The summed E-state index contributed by atoms with van der Waals surface area (Å²) >= 11 is 0. The minimum atomic E-state index is -3.09. The Morgan fingerprint density at radius 2 is 1.68 bits per heavy atom. The molecule has 2 rings (SSSR count). The Morgan fingerprint density at radius 1 is 1.11 bits per heavy atom. The zero-order valence-electron chi connectivity index (χ0n) is 12.3. The number of sulfone groups is 1. The number of fused-ring (bicyclic) bond motifs is 2. The third kappa shape index (κ3) is 2.52. The molecule has 0 saturated carbocycles. The lowest BCUT2D eigenvalue weighted by Crippen LogP contribution is -2.33. The first kappa shape index (κ1) is 14.8. The van der Waals surface area contributed by atoms with Crippen LogP contribution in [0.1, 0.15) is 26.2 Å². The molecular formula is C15H24O2SSi. The largest absolute Gasteiger partial charge is 0.227 e. The van der Waals surface area contributed by atoms with Crippen LogP contribution >= 0.6 is 0 Å². The summed E-state index contributed by atoms with van der Waals surface area (Å²) in [6, 6.07) is 0. The number of allylic oxidation sites excluding steroid dienone is 2. The summed E-state index contributed by atoms with van der Waals surface area (Å²) in [5.74, 6) is 0. The molecular weight excluding hydrogens is 272 g/mol. The zero-order valence-corrected chi connectivity index (χ0v) is 14.1. The van der Waals surface area contributed by atoms with Gasteiger partial charge in [0.05, 0.1) is 13.3 Å². The molecule has 0 aromatic rings. The van der Waals surface area contributed by atoms with E-state index in [4.69, 9.17) is 0 Å². The van der Waals surface area contributed by atoms with Gasteiger partial charge in [-0.1, -0.05) is 68.1 Å². The van der Waals surface area contributed by atoms with Crippen molar-refractivity contribution in [1.82, 2.24) is 0 Å². The Bertz CT molecular complexity index is 547. The van der Waals surface area contributed by atoms with Crippen LogP contribution in [0.2, 0.25) is 19.6 Å². The van der Waals surface area contributed by atoms with E-state index in [9.17, 15) is 8.42 Å². The van der Waals surface area contributed by atoms with Crippen molar-refractivity contribution in [3.63, 3.8) is 0 Å². The summed E-state index contributed by atoms with van der Waals surface area (Å²) in [4.78, 5) is 0. The average Bonchev–Trinajstić information content (AvgIpc) is 2.36. The van der Waals surface area contributed by atoms with Crippen molar-refractivity contribution in [2.45, 2.75) is 56.3 Å². The van der Waals surface area contributed by atoms with E-state index in [2.05, 4.69) is 26.6 Å². The third-order valence-corrected chi connectivity index (χ3v) is 8.68. The Balaban J connectivity index is 2.59.